The summed E-state index contributed by atoms with van der Waals surface area (Å²) in [6.45, 7) is 6.05. The van der Waals surface area contributed by atoms with Crippen molar-refractivity contribution in [3.63, 3.8) is 0 Å². The Morgan fingerprint density at radius 2 is 1.80 bits per heavy atom. The molecule has 2 aliphatic heterocycles. The van der Waals surface area contributed by atoms with Gasteiger partial charge in [0.05, 0.1) is 5.75 Å². The van der Waals surface area contributed by atoms with E-state index in [1.54, 1.807) is 4.31 Å². The van der Waals surface area contributed by atoms with E-state index in [0.717, 1.165) is 31.6 Å². The molecule has 2 saturated heterocycles. The van der Waals surface area contributed by atoms with Gasteiger partial charge in [-0.25, -0.2) is 12.7 Å². The zero-order valence-corrected chi connectivity index (χ0v) is 19.1. The number of hydrogen-bond donors (Lipinski definition) is 1. The van der Waals surface area contributed by atoms with Crippen LogP contribution >= 0.6 is 0 Å². The van der Waals surface area contributed by atoms with Gasteiger partial charge in [0, 0.05) is 31.6 Å². The van der Waals surface area contributed by atoms with Gasteiger partial charge in [-0.3, -0.25) is 9.69 Å². The van der Waals surface area contributed by atoms with E-state index in [4.69, 9.17) is 0 Å². The Kier molecular flexibility index (Phi) is 8.72. The molecule has 2 heterocycles. The number of nitrogens with zero attached hydrogens (tertiary/aromatic N) is 2. The first-order valence-corrected chi connectivity index (χ1v) is 13.1. The summed E-state index contributed by atoms with van der Waals surface area (Å²) in [7, 11) is -3.34. The van der Waals surface area contributed by atoms with Gasteiger partial charge in [0.25, 0.3) is 0 Å². The average molecular weight is 436 g/mol. The Bertz CT molecular complexity index is 761. The number of piperidine rings is 2. The fourth-order valence-electron chi connectivity index (χ4n) is 4.58. The summed E-state index contributed by atoms with van der Waals surface area (Å²) in [6, 6.07) is 9.73. The largest absolute Gasteiger partial charge is 0.354 e. The number of carbonyl (C=O) groups excluding carboxylic acids is 1. The van der Waals surface area contributed by atoms with E-state index in [-0.39, 0.29) is 17.6 Å². The minimum atomic E-state index is -3.34. The fraction of sp³-hybridized carbons (Fsp3) is 0.696. The highest BCUT2D eigenvalue weighted by molar-refractivity contribution is 7.88. The molecular formula is C23H37N3O3S. The zero-order chi connectivity index (χ0) is 21.4. The van der Waals surface area contributed by atoms with Gasteiger partial charge < -0.3 is 5.32 Å². The summed E-state index contributed by atoms with van der Waals surface area (Å²) < 4.78 is 27.0. The van der Waals surface area contributed by atoms with Gasteiger partial charge in [0.1, 0.15) is 0 Å². The lowest BCUT2D eigenvalue weighted by Gasteiger charge is -2.36. The van der Waals surface area contributed by atoms with Crippen LogP contribution in [-0.4, -0.2) is 62.3 Å². The van der Waals surface area contributed by atoms with Crippen molar-refractivity contribution in [1.29, 1.82) is 0 Å². The summed E-state index contributed by atoms with van der Waals surface area (Å²) in [6.07, 6.45) is 7.25. The molecule has 2 aliphatic rings. The number of benzene rings is 1. The predicted molar refractivity (Wildman–Crippen MR) is 120 cm³/mol. The van der Waals surface area contributed by atoms with E-state index in [1.807, 2.05) is 30.3 Å². The highest BCUT2D eigenvalue weighted by atomic mass is 32.2. The Balaban J connectivity index is 1.44. The zero-order valence-electron chi connectivity index (χ0n) is 18.3. The molecule has 0 bridgehead atoms. The van der Waals surface area contributed by atoms with E-state index >= 15 is 0 Å². The third-order valence-corrected chi connectivity index (χ3v) is 8.32. The van der Waals surface area contributed by atoms with Crippen LogP contribution in [0.3, 0.4) is 0 Å². The Labute approximate surface area is 182 Å². The first-order valence-electron chi connectivity index (χ1n) is 11.5. The molecule has 0 aromatic heterocycles. The van der Waals surface area contributed by atoms with E-state index in [1.165, 1.54) is 25.7 Å². The molecule has 0 radical (unpaired) electrons. The van der Waals surface area contributed by atoms with Crippen LogP contribution in [0.15, 0.2) is 30.3 Å². The quantitative estimate of drug-likeness (QED) is 0.647. The summed E-state index contributed by atoms with van der Waals surface area (Å²) in [4.78, 5) is 15.2. The molecule has 168 valence electrons. The Hall–Kier alpha value is -1.44. The second-order valence-corrected chi connectivity index (χ2v) is 10.7. The highest BCUT2D eigenvalue weighted by Crippen LogP contribution is 2.22. The van der Waals surface area contributed by atoms with Crippen molar-refractivity contribution in [3.8, 4) is 0 Å². The van der Waals surface area contributed by atoms with Crippen LogP contribution in [0.2, 0.25) is 0 Å². The maximum atomic E-state index is 12.7. The van der Waals surface area contributed by atoms with Crippen LogP contribution in [0.1, 0.15) is 57.4 Å². The molecule has 1 aromatic carbocycles. The van der Waals surface area contributed by atoms with E-state index in [9.17, 15) is 13.2 Å². The van der Waals surface area contributed by atoms with E-state index in [0.29, 0.717) is 32.0 Å². The van der Waals surface area contributed by atoms with Crippen LogP contribution in [0.5, 0.6) is 0 Å². The monoisotopic (exact) mass is 435 g/mol. The van der Waals surface area contributed by atoms with E-state index in [2.05, 4.69) is 17.1 Å². The average Bonchev–Trinajstić information content (AvgIpc) is 2.77. The van der Waals surface area contributed by atoms with Gasteiger partial charge in [0.15, 0.2) is 0 Å². The normalized spacial score (nSPS) is 22.1. The van der Waals surface area contributed by atoms with Crippen molar-refractivity contribution in [2.24, 2.45) is 5.92 Å². The Morgan fingerprint density at radius 3 is 2.50 bits per heavy atom. The van der Waals surface area contributed by atoms with Gasteiger partial charge in [-0.05, 0) is 50.8 Å². The summed E-state index contributed by atoms with van der Waals surface area (Å²) in [5.74, 6) is 0.0388. The van der Waals surface area contributed by atoms with Crippen molar-refractivity contribution in [2.45, 2.75) is 63.7 Å². The van der Waals surface area contributed by atoms with Crippen molar-refractivity contribution in [1.82, 2.24) is 14.5 Å². The third-order valence-electron chi connectivity index (χ3n) is 6.47. The lowest BCUT2D eigenvalue weighted by molar-refractivity contribution is -0.126. The summed E-state index contributed by atoms with van der Waals surface area (Å²) in [5, 5.41) is 3.17. The lowest BCUT2D eigenvalue weighted by atomic mass is 9.96. The van der Waals surface area contributed by atoms with Crippen molar-refractivity contribution in [2.75, 3.05) is 32.7 Å². The first kappa shape index (κ1) is 23.2. The minimum absolute atomic E-state index is 0.0278. The molecule has 1 aromatic rings. The summed E-state index contributed by atoms with van der Waals surface area (Å²) in [5.41, 5.74) is 0.803. The number of nitrogens with one attached hydrogen (secondary N) is 1. The lowest BCUT2D eigenvalue weighted by Crippen LogP contribution is -2.49. The number of hydrogen-bond acceptors (Lipinski definition) is 4. The number of unbranched alkanes of at least 4 members (excludes halogenated alkanes) is 1. The molecule has 2 fully saturated rings. The smallest absolute Gasteiger partial charge is 0.223 e. The second-order valence-electron chi connectivity index (χ2n) is 8.70. The van der Waals surface area contributed by atoms with E-state index < -0.39 is 10.0 Å². The third kappa shape index (κ3) is 6.53. The summed E-state index contributed by atoms with van der Waals surface area (Å²) >= 11 is 0. The molecule has 0 aliphatic carbocycles. The molecule has 3 rings (SSSR count). The molecule has 7 heteroatoms. The number of amides is 1. The van der Waals surface area contributed by atoms with Gasteiger partial charge in [-0.15, -0.1) is 0 Å². The van der Waals surface area contributed by atoms with Crippen LogP contribution in [0.4, 0.5) is 0 Å². The minimum Gasteiger partial charge on any atom is -0.354 e. The second kappa shape index (κ2) is 11.3. The highest BCUT2D eigenvalue weighted by Gasteiger charge is 2.31. The molecule has 1 N–H and O–H groups in total. The maximum absolute atomic E-state index is 12.7. The van der Waals surface area contributed by atoms with Crippen LogP contribution in [0.25, 0.3) is 0 Å². The number of sulfonamides is 1. The number of carbonyl (C=O) groups is 1. The van der Waals surface area contributed by atoms with Gasteiger partial charge in [0.2, 0.25) is 15.9 Å². The molecule has 1 unspecified atom stereocenters. The molecule has 1 amide bonds. The van der Waals surface area contributed by atoms with Crippen molar-refractivity contribution < 1.29 is 13.2 Å². The fourth-order valence-corrected chi connectivity index (χ4v) is 6.15. The molecular weight excluding hydrogens is 398 g/mol. The van der Waals surface area contributed by atoms with Crippen LogP contribution < -0.4 is 5.32 Å². The number of rotatable bonds is 9. The Morgan fingerprint density at radius 1 is 1.07 bits per heavy atom. The molecule has 0 spiro atoms. The molecule has 30 heavy (non-hydrogen) atoms. The first-order chi connectivity index (χ1) is 14.5. The predicted octanol–water partition coefficient (Wildman–Crippen LogP) is 3.00. The van der Waals surface area contributed by atoms with Gasteiger partial charge in [-0.1, -0.05) is 50.1 Å². The molecule has 6 nitrogen and oxygen atoms in total. The van der Waals surface area contributed by atoms with Crippen LogP contribution in [0, 0.1) is 5.92 Å². The van der Waals surface area contributed by atoms with Gasteiger partial charge in [-0.2, -0.15) is 0 Å². The van der Waals surface area contributed by atoms with Crippen molar-refractivity contribution in [3.05, 3.63) is 35.9 Å². The molecule has 1 atom stereocenters. The van der Waals surface area contributed by atoms with Crippen molar-refractivity contribution >= 4 is 15.9 Å². The number of likely N-dealkylation sites (tertiary alicyclic amines) is 1. The molecule has 0 saturated carbocycles. The topological polar surface area (TPSA) is 69.7 Å². The van der Waals surface area contributed by atoms with Gasteiger partial charge >= 0.3 is 0 Å². The van der Waals surface area contributed by atoms with Crippen LogP contribution in [-0.2, 0) is 20.6 Å². The maximum Gasteiger partial charge on any atom is 0.223 e. The SMILES string of the molecule is CCCCN1CCCCC1CNC(=O)C1CCN(S(=O)(=O)Cc2ccccc2)CC1. The standard InChI is InChI=1S/C23H37N3O3S/c1-2-3-14-25-15-8-7-11-22(25)18-24-23(27)21-12-16-26(17-13-21)30(28,29)19-20-9-5-4-6-10-20/h4-6,9-10,21-22H,2-3,7-8,11-19H2,1H3,(H,24,27).